The number of methoxy groups -OCH3 is 1. The molecule has 1 aromatic carbocycles. The highest BCUT2D eigenvalue weighted by atomic mass is 16.6. The summed E-state index contributed by atoms with van der Waals surface area (Å²) in [5, 5.41) is 0. The third-order valence-corrected chi connectivity index (χ3v) is 4.01. The largest absolute Gasteiger partial charge is 0.454 e. The molecule has 1 heterocycles. The fourth-order valence-electron chi connectivity index (χ4n) is 2.71. The maximum atomic E-state index is 12.3. The number of hydrogen-bond acceptors (Lipinski definition) is 7. The summed E-state index contributed by atoms with van der Waals surface area (Å²) in [5.41, 5.74) is 0.865. The second-order valence-corrected chi connectivity index (χ2v) is 6.25. The average Bonchev–Trinajstić information content (AvgIpc) is 3.45. The van der Waals surface area contributed by atoms with Crippen molar-refractivity contribution < 1.29 is 33.3 Å². The zero-order valence-corrected chi connectivity index (χ0v) is 16.2. The van der Waals surface area contributed by atoms with Crippen LogP contribution in [0.3, 0.4) is 0 Å². The maximum Gasteiger partial charge on any atom is 0.410 e. The second-order valence-electron chi connectivity index (χ2n) is 6.25. The molecular weight excluding hydrogens is 366 g/mol. The van der Waals surface area contributed by atoms with Gasteiger partial charge in [-0.1, -0.05) is 36.4 Å². The van der Waals surface area contributed by atoms with E-state index in [1.807, 2.05) is 30.3 Å². The van der Waals surface area contributed by atoms with Gasteiger partial charge in [0.2, 0.25) is 0 Å². The first kappa shape index (κ1) is 21.4. The van der Waals surface area contributed by atoms with E-state index in [9.17, 15) is 14.4 Å². The number of benzene rings is 1. The molecular formula is C20H25NO7. The molecule has 1 aliphatic rings. The molecule has 1 saturated heterocycles. The summed E-state index contributed by atoms with van der Waals surface area (Å²) in [6.07, 6.45) is 1.10. The Balaban J connectivity index is 2.03. The summed E-state index contributed by atoms with van der Waals surface area (Å²) >= 11 is 0. The Morgan fingerprint density at radius 2 is 1.93 bits per heavy atom. The van der Waals surface area contributed by atoms with Gasteiger partial charge in [-0.05, 0) is 18.6 Å². The molecule has 0 saturated carbocycles. The molecule has 0 bridgehead atoms. The zero-order valence-electron chi connectivity index (χ0n) is 16.2. The lowest BCUT2D eigenvalue weighted by Gasteiger charge is -2.24. The molecule has 1 amide bonds. The van der Waals surface area contributed by atoms with Crippen LogP contribution >= 0.6 is 0 Å². The first-order valence-corrected chi connectivity index (χ1v) is 8.92. The SMILES string of the molecule is C/C=C\[C@@H](OC(C)=O)[C@H](OC(=O)COC)[C@@H]1CN1C(=O)OCc1ccccc1. The minimum atomic E-state index is -0.855. The summed E-state index contributed by atoms with van der Waals surface area (Å²) in [5.74, 6) is -1.13. The molecule has 1 aliphatic heterocycles. The van der Waals surface area contributed by atoms with Crippen LogP contribution in [0.4, 0.5) is 4.79 Å². The topological polar surface area (TPSA) is 91.1 Å². The minimum Gasteiger partial charge on any atom is -0.454 e. The van der Waals surface area contributed by atoms with Crippen LogP contribution in [0.25, 0.3) is 0 Å². The molecule has 0 aliphatic carbocycles. The predicted molar refractivity (Wildman–Crippen MR) is 99.2 cm³/mol. The van der Waals surface area contributed by atoms with E-state index < -0.39 is 36.3 Å². The Morgan fingerprint density at radius 3 is 2.54 bits per heavy atom. The molecule has 28 heavy (non-hydrogen) atoms. The van der Waals surface area contributed by atoms with Gasteiger partial charge in [0.25, 0.3) is 0 Å². The number of ether oxygens (including phenoxy) is 4. The van der Waals surface area contributed by atoms with E-state index in [0.717, 1.165) is 5.56 Å². The van der Waals surface area contributed by atoms with E-state index >= 15 is 0 Å². The van der Waals surface area contributed by atoms with Crippen LogP contribution in [-0.4, -0.2) is 61.4 Å². The van der Waals surface area contributed by atoms with Crippen LogP contribution in [0.15, 0.2) is 42.5 Å². The quantitative estimate of drug-likeness (QED) is 0.275. The number of carbonyl (C=O) groups is 3. The molecule has 1 fully saturated rings. The summed E-state index contributed by atoms with van der Waals surface area (Å²) in [6.45, 7) is 3.24. The lowest BCUT2D eigenvalue weighted by molar-refractivity contribution is -0.166. The number of nitrogens with zero attached hydrogens (tertiary/aromatic N) is 1. The van der Waals surface area contributed by atoms with Crippen molar-refractivity contribution in [3.63, 3.8) is 0 Å². The number of esters is 2. The molecule has 8 nitrogen and oxygen atoms in total. The van der Waals surface area contributed by atoms with Gasteiger partial charge < -0.3 is 18.9 Å². The monoisotopic (exact) mass is 391 g/mol. The van der Waals surface area contributed by atoms with Gasteiger partial charge in [-0.15, -0.1) is 0 Å². The number of rotatable bonds is 9. The van der Waals surface area contributed by atoms with Gasteiger partial charge in [-0.2, -0.15) is 0 Å². The molecule has 0 unspecified atom stereocenters. The van der Waals surface area contributed by atoms with Crippen molar-refractivity contribution >= 4 is 18.0 Å². The summed E-state index contributed by atoms with van der Waals surface area (Å²) in [7, 11) is 1.37. The fraction of sp³-hybridized carbons (Fsp3) is 0.450. The average molecular weight is 391 g/mol. The summed E-state index contributed by atoms with van der Waals surface area (Å²) < 4.78 is 20.8. The van der Waals surface area contributed by atoms with E-state index in [2.05, 4.69) is 0 Å². The Hall–Kier alpha value is -2.87. The van der Waals surface area contributed by atoms with Crippen molar-refractivity contribution in [3.05, 3.63) is 48.0 Å². The molecule has 0 spiro atoms. The predicted octanol–water partition coefficient (Wildman–Crippen LogP) is 2.07. The van der Waals surface area contributed by atoms with Crippen molar-refractivity contribution in [2.75, 3.05) is 20.3 Å². The molecule has 2 rings (SSSR count). The van der Waals surface area contributed by atoms with Gasteiger partial charge >= 0.3 is 18.0 Å². The summed E-state index contributed by atoms with van der Waals surface area (Å²) in [4.78, 5) is 37.1. The highest BCUT2D eigenvalue weighted by molar-refractivity contribution is 5.73. The lowest BCUT2D eigenvalue weighted by Crippen LogP contribution is -2.40. The molecule has 1 aromatic rings. The standard InChI is InChI=1S/C20H25NO7/c1-4-8-17(27-14(2)22)19(28-18(23)13-25-3)16-11-21(16)20(24)26-12-15-9-6-5-7-10-15/h4-10,16-17,19H,11-13H2,1-3H3/b8-4-/t16-,17+,19+,21?/m0/s1. The third kappa shape index (κ3) is 6.38. The van der Waals surface area contributed by atoms with E-state index in [0.29, 0.717) is 6.54 Å². The molecule has 0 radical (unpaired) electrons. The zero-order chi connectivity index (χ0) is 20.5. The van der Waals surface area contributed by atoms with E-state index in [4.69, 9.17) is 18.9 Å². The molecule has 3 atom stereocenters. The number of allylic oxidation sites excluding steroid dienone is 1. The molecule has 0 aromatic heterocycles. The molecule has 152 valence electrons. The van der Waals surface area contributed by atoms with Crippen molar-refractivity contribution in [1.29, 1.82) is 0 Å². The van der Waals surface area contributed by atoms with Crippen molar-refractivity contribution in [3.8, 4) is 0 Å². The smallest absolute Gasteiger partial charge is 0.410 e. The maximum absolute atomic E-state index is 12.3. The van der Waals surface area contributed by atoms with Gasteiger partial charge in [-0.25, -0.2) is 9.59 Å². The van der Waals surface area contributed by atoms with Gasteiger partial charge in [0.1, 0.15) is 13.2 Å². The lowest BCUT2D eigenvalue weighted by atomic mass is 10.1. The normalized spacial score (nSPS) is 17.7. The van der Waals surface area contributed by atoms with Crippen LogP contribution in [0.5, 0.6) is 0 Å². The van der Waals surface area contributed by atoms with Gasteiger partial charge in [0.05, 0.1) is 6.04 Å². The van der Waals surface area contributed by atoms with Gasteiger partial charge in [0, 0.05) is 20.6 Å². The first-order valence-electron chi connectivity index (χ1n) is 8.92. The second kappa shape index (κ2) is 10.5. The highest BCUT2D eigenvalue weighted by Crippen LogP contribution is 2.28. The van der Waals surface area contributed by atoms with Crippen LogP contribution < -0.4 is 0 Å². The van der Waals surface area contributed by atoms with Crippen LogP contribution in [-0.2, 0) is 35.1 Å². The Bertz CT molecular complexity index is 704. The number of carbonyl (C=O) groups excluding carboxylic acids is 3. The summed E-state index contributed by atoms with van der Waals surface area (Å²) in [6, 6.07) is 8.84. The van der Waals surface area contributed by atoms with E-state index in [-0.39, 0.29) is 13.2 Å². The van der Waals surface area contributed by atoms with Crippen LogP contribution in [0.1, 0.15) is 19.4 Å². The number of amides is 1. The molecule has 0 N–H and O–H groups in total. The molecule has 8 heteroatoms. The Labute approximate surface area is 164 Å². The van der Waals surface area contributed by atoms with Gasteiger partial charge in [-0.3, -0.25) is 9.69 Å². The van der Waals surface area contributed by atoms with E-state index in [1.165, 1.54) is 18.9 Å². The van der Waals surface area contributed by atoms with Crippen LogP contribution in [0, 0.1) is 0 Å². The van der Waals surface area contributed by atoms with Crippen molar-refractivity contribution in [1.82, 2.24) is 4.90 Å². The third-order valence-electron chi connectivity index (χ3n) is 4.01. The first-order chi connectivity index (χ1) is 13.5. The minimum absolute atomic E-state index is 0.138. The van der Waals surface area contributed by atoms with Gasteiger partial charge in [0.15, 0.2) is 12.2 Å². The van der Waals surface area contributed by atoms with Crippen LogP contribution in [0.2, 0.25) is 0 Å². The highest BCUT2D eigenvalue weighted by Gasteiger charge is 2.50. The van der Waals surface area contributed by atoms with Crippen molar-refractivity contribution in [2.45, 2.75) is 38.7 Å². The van der Waals surface area contributed by atoms with Crippen molar-refractivity contribution in [2.24, 2.45) is 0 Å². The Kier molecular flexibility index (Phi) is 8.01. The Morgan fingerprint density at radius 1 is 1.21 bits per heavy atom. The van der Waals surface area contributed by atoms with E-state index in [1.54, 1.807) is 19.1 Å². The number of hydrogen-bond donors (Lipinski definition) is 0. The fourth-order valence-corrected chi connectivity index (χ4v) is 2.71.